The SMILES string of the molecule is CC1=C(C(=O)Nc2ccccc2Cl)[C@@H](c2ccc(C(=O)O)cc2)n2ncnc2N1. The van der Waals surface area contributed by atoms with Gasteiger partial charge in [0.15, 0.2) is 0 Å². The molecule has 0 bridgehead atoms. The average molecular weight is 410 g/mol. The lowest BCUT2D eigenvalue weighted by molar-refractivity contribution is -0.113. The van der Waals surface area contributed by atoms with Gasteiger partial charge in [-0.15, -0.1) is 0 Å². The van der Waals surface area contributed by atoms with Crippen LogP contribution in [0.4, 0.5) is 11.6 Å². The Morgan fingerprint density at radius 1 is 1.17 bits per heavy atom. The van der Waals surface area contributed by atoms with Crippen LogP contribution >= 0.6 is 11.6 Å². The van der Waals surface area contributed by atoms with Crippen molar-refractivity contribution in [2.45, 2.75) is 13.0 Å². The van der Waals surface area contributed by atoms with Crippen molar-refractivity contribution in [1.29, 1.82) is 0 Å². The highest BCUT2D eigenvalue weighted by Crippen LogP contribution is 2.35. The zero-order chi connectivity index (χ0) is 20.5. The summed E-state index contributed by atoms with van der Waals surface area (Å²) in [5, 5.41) is 19.8. The van der Waals surface area contributed by atoms with Gasteiger partial charge < -0.3 is 15.7 Å². The third-order valence-electron chi connectivity index (χ3n) is 4.63. The van der Waals surface area contributed by atoms with Crippen molar-refractivity contribution in [2.75, 3.05) is 10.6 Å². The van der Waals surface area contributed by atoms with Crippen molar-refractivity contribution in [3.8, 4) is 0 Å². The van der Waals surface area contributed by atoms with Gasteiger partial charge in [0.2, 0.25) is 5.95 Å². The molecule has 1 atom stereocenters. The molecule has 2 aromatic carbocycles. The molecule has 3 aromatic rings. The number of carbonyl (C=O) groups is 2. The number of hydrogen-bond donors (Lipinski definition) is 3. The van der Waals surface area contributed by atoms with Gasteiger partial charge in [-0.25, -0.2) is 9.48 Å². The maximum atomic E-state index is 13.2. The number of aromatic carboxylic acids is 1. The highest BCUT2D eigenvalue weighted by atomic mass is 35.5. The average Bonchev–Trinajstić information content (AvgIpc) is 3.16. The summed E-state index contributed by atoms with van der Waals surface area (Å²) in [5.41, 5.74) is 2.38. The Bertz CT molecular complexity index is 1140. The first-order valence-corrected chi connectivity index (χ1v) is 9.10. The molecule has 0 fully saturated rings. The molecule has 146 valence electrons. The first-order chi connectivity index (χ1) is 14.0. The van der Waals surface area contributed by atoms with Crippen molar-refractivity contribution in [3.63, 3.8) is 0 Å². The number of amides is 1. The van der Waals surface area contributed by atoms with Crippen molar-refractivity contribution in [1.82, 2.24) is 14.8 Å². The lowest BCUT2D eigenvalue weighted by Crippen LogP contribution is -2.31. The van der Waals surface area contributed by atoms with E-state index in [1.54, 1.807) is 48.0 Å². The molecule has 8 nitrogen and oxygen atoms in total. The zero-order valence-electron chi connectivity index (χ0n) is 15.3. The summed E-state index contributed by atoms with van der Waals surface area (Å²) in [6, 6.07) is 12.7. The number of rotatable bonds is 4. The Morgan fingerprint density at radius 3 is 2.59 bits per heavy atom. The third kappa shape index (κ3) is 3.45. The molecule has 9 heteroatoms. The minimum Gasteiger partial charge on any atom is -0.478 e. The van der Waals surface area contributed by atoms with E-state index >= 15 is 0 Å². The number of benzene rings is 2. The molecule has 0 aliphatic carbocycles. The first kappa shape index (κ1) is 18.7. The van der Waals surface area contributed by atoms with E-state index in [1.165, 1.54) is 18.5 Å². The normalized spacial score (nSPS) is 15.4. The van der Waals surface area contributed by atoms with Crippen molar-refractivity contribution in [3.05, 3.63) is 82.3 Å². The highest BCUT2D eigenvalue weighted by molar-refractivity contribution is 6.33. The fraction of sp³-hybridized carbons (Fsp3) is 0.100. The number of halogens is 1. The monoisotopic (exact) mass is 409 g/mol. The van der Waals surface area contributed by atoms with Gasteiger partial charge in [0, 0.05) is 5.70 Å². The predicted molar refractivity (Wildman–Crippen MR) is 108 cm³/mol. The van der Waals surface area contributed by atoms with Crippen LogP contribution in [0.2, 0.25) is 5.02 Å². The second kappa shape index (κ2) is 7.40. The van der Waals surface area contributed by atoms with Crippen molar-refractivity contribution in [2.24, 2.45) is 0 Å². The maximum absolute atomic E-state index is 13.2. The smallest absolute Gasteiger partial charge is 0.335 e. The summed E-state index contributed by atoms with van der Waals surface area (Å²) in [7, 11) is 0. The molecule has 0 unspecified atom stereocenters. The largest absolute Gasteiger partial charge is 0.478 e. The van der Waals surface area contributed by atoms with E-state index in [-0.39, 0.29) is 11.5 Å². The van der Waals surface area contributed by atoms with Crippen LogP contribution in [0.15, 0.2) is 66.1 Å². The molecular formula is C20H16ClN5O3. The predicted octanol–water partition coefficient (Wildman–Crippen LogP) is 3.56. The number of carboxylic acids is 1. The number of para-hydroxylation sites is 1. The molecule has 1 aliphatic heterocycles. The Morgan fingerprint density at radius 2 is 1.90 bits per heavy atom. The second-order valence-corrected chi connectivity index (χ2v) is 6.86. The topological polar surface area (TPSA) is 109 Å². The van der Waals surface area contributed by atoms with Gasteiger partial charge in [-0.3, -0.25) is 4.79 Å². The van der Waals surface area contributed by atoms with Gasteiger partial charge in [-0.2, -0.15) is 10.1 Å². The molecule has 3 N–H and O–H groups in total. The third-order valence-corrected chi connectivity index (χ3v) is 4.96. The molecule has 1 aromatic heterocycles. The van der Waals surface area contributed by atoms with E-state index in [0.717, 1.165) is 0 Å². The van der Waals surface area contributed by atoms with Gasteiger partial charge >= 0.3 is 5.97 Å². The number of aromatic nitrogens is 3. The van der Waals surface area contributed by atoms with Crippen LogP contribution in [-0.2, 0) is 4.79 Å². The lowest BCUT2D eigenvalue weighted by Gasteiger charge is -2.28. The van der Waals surface area contributed by atoms with Gasteiger partial charge in [0.25, 0.3) is 5.91 Å². The molecule has 1 aliphatic rings. The lowest BCUT2D eigenvalue weighted by atomic mass is 9.94. The Kier molecular flexibility index (Phi) is 4.77. The maximum Gasteiger partial charge on any atom is 0.335 e. The van der Waals surface area contributed by atoms with E-state index in [2.05, 4.69) is 20.7 Å². The van der Waals surface area contributed by atoms with Crippen LogP contribution in [0.1, 0.15) is 28.9 Å². The molecule has 4 rings (SSSR count). The molecular weight excluding hydrogens is 394 g/mol. The number of carboxylic acid groups (broad SMARTS) is 1. The van der Waals surface area contributed by atoms with Gasteiger partial charge in [-0.05, 0) is 36.8 Å². The number of allylic oxidation sites excluding steroid dienone is 1. The number of anilines is 2. The van der Waals surface area contributed by atoms with Crippen LogP contribution in [-0.4, -0.2) is 31.7 Å². The first-order valence-electron chi connectivity index (χ1n) is 8.72. The Labute approximate surface area is 170 Å². The fourth-order valence-electron chi connectivity index (χ4n) is 3.25. The summed E-state index contributed by atoms with van der Waals surface area (Å²) < 4.78 is 1.59. The van der Waals surface area contributed by atoms with Crippen LogP contribution in [0.5, 0.6) is 0 Å². The zero-order valence-corrected chi connectivity index (χ0v) is 16.0. The molecule has 0 spiro atoms. The summed E-state index contributed by atoms with van der Waals surface area (Å²) >= 11 is 6.18. The van der Waals surface area contributed by atoms with E-state index in [0.29, 0.717) is 33.5 Å². The van der Waals surface area contributed by atoms with Crippen molar-refractivity contribution >= 4 is 35.1 Å². The molecule has 0 radical (unpaired) electrons. The minimum atomic E-state index is -1.02. The second-order valence-electron chi connectivity index (χ2n) is 6.46. The highest BCUT2D eigenvalue weighted by Gasteiger charge is 2.33. The fourth-order valence-corrected chi connectivity index (χ4v) is 3.44. The summed E-state index contributed by atoms with van der Waals surface area (Å²) in [6.45, 7) is 1.78. The van der Waals surface area contributed by atoms with Gasteiger partial charge in [0.1, 0.15) is 12.4 Å². The van der Waals surface area contributed by atoms with E-state index in [1.807, 2.05) is 0 Å². The van der Waals surface area contributed by atoms with Crippen LogP contribution < -0.4 is 10.6 Å². The van der Waals surface area contributed by atoms with E-state index in [9.17, 15) is 9.59 Å². The van der Waals surface area contributed by atoms with Crippen LogP contribution in [0.3, 0.4) is 0 Å². The van der Waals surface area contributed by atoms with Gasteiger partial charge in [0.05, 0.1) is 21.8 Å². The van der Waals surface area contributed by atoms with Crippen molar-refractivity contribution < 1.29 is 14.7 Å². The Balaban J connectivity index is 1.76. The van der Waals surface area contributed by atoms with Gasteiger partial charge in [-0.1, -0.05) is 35.9 Å². The molecule has 2 heterocycles. The molecule has 0 saturated carbocycles. The number of hydrogen-bond acceptors (Lipinski definition) is 5. The van der Waals surface area contributed by atoms with Crippen LogP contribution in [0.25, 0.3) is 0 Å². The summed E-state index contributed by atoms with van der Waals surface area (Å²) in [4.78, 5) is 28.6. The number of fused-ring (bicyclic) bond motifs is 1. The summed E-state index contributed by atoms with van der Waals surface area (Å²) in [6.07, 6.45) is 1.39. The number of carbonyl (C=O) groups excluding carboxylic acids is 1. The summed E-state index contributed by atoms with van der Waals surface area (Å²) in [5.74, 6) is -0.882. The Hall–Kier alpha value is -3.65. The standard InChI is InChI=1S/C20H16ClN5O3/c1-11-16(18(27)25-15-5-3-2-4-14(15)21)17(26-20(24-11)22-10-23-26)12-6-8-13(9-7-12)19(28)29/h2-10,17H,1H3,(H,25,27)(H,28,29)(H,22,23,24)/t17-/m1/s1. The van der Waals surface area contributed by atoms with Crippen LogP contribution in [0, 0.1) is 0 Å². The van der Waals surface area contributed by atoms with E-state index < -0.39 is 12.0 Å². The molecule has 0 saturated heterocycles. The number of nitrogens with one attached hydrogen (secondary N) is 2. The number of nitrogens with zero attached hydrogens (tertiary/aromatic N) is 3. The van der Waals surface area contributed by atoms with E-state index in [4.69, 9.17) is 16.7 Å². The molecule has 1 amide bonds. The quantitative estimate of drug-likeness (QED) is 0.608. The molecule has 29 heavy (non-hydrogen) atoms. The minimum absolute atomic E-state index is 0.157.